The minimum absolute atomic E-state index is 0.0681. The Morgan fingerprint density at radius 2 is 1.08 bits per heavy atom. The smallest absolute Gasteiger partial charge is 0.323 e. The van der Waals surface area contributed by atoms with Crippen LogP contribution in [-0.4, -0.2) is 132 Å². The van der Waals surface area contributed by atoms with Gasteiger partial charge in [0.25, 0.3) is 0 Å². The second-order valence-electron chi connectivity index (χ2n) is 8.87. The molecule has 0 atom stereocenters. The molecular weight excluding hydrogens is 478 g/mol. The molecule has 0 radical (unpaired) electrons. The number of carboxylic acid groups (broad SMARTS) is 1. The van der Waals surface area contributed by atoms with Gasteiger partial charge in [-0.25, -0.2) is 0 Å². The van der Waals surface area contributed by atoms with E-state index in [0.717, 1.165) is 0 Å². The molecule has 0 aromatic heterocycles. The van der Waals surface area contributed by atoms with E-state index in [2.05, 4.69) is 0 Å². The van der Waals surface area contributed by atoms with Crippen molar-refractivity contribution in [2.24, 2.45) is 5.92 Å². The maximum Gasteiger partial charge on any atom is 0.323 e. The van der Waals surface area contributed by atoms with E-state index in [4.69, 9.17) is 14.5 Å². The van der Waals surface area contributed by atoms with Gasteiger partial charge in [0.05, 0.1) is 32.7 Å². The van der Waals surface area contributed by atoms with Gasteiger partial charge in [-0.3, -0.25) is 28.9 Å². The monoisotopic (exact) mass is 517 g/mol. The molecule has 14 nitrogen and oxygen atoms in total. The van der Waals surface area contributed by atoms with E-state index in [1.54, 1.807) is 4.90 Å². The van der Waals surface area contributed by atoms with Crippen LogP contribution in [0.5, 0.6) is 0 Å². The van der Waals surface area contributed by atoms with Crippen molar-refractivity contribution >= 4 is 29.8 Å². The van der Waals surface area contributed by atoms with Crippen LogP contribution in [-0.2, 0) is 38.5 Å². The summed E-state index contributed by atoms with van der Waals surface area (Å²) in [5.74, 6) is -2.92. The van der Waals surface area contributed by atoms with Crippen LogP contribution in [0.1, 0.15) is 34.6 Å². The van der Waals surface area contributed by atoms with Gasteiger partial charge in [0, 0.05) is 53.5 Å². The van der Waals surface area contributed by atoms with Crippen molar-refractivity contribution in [1.29, 1.82) is 0 Å². The van der Waals surface area contributed by atoms with Crippen LogP contribution < -0.4 is 0 Å². The fourth-order valence-electron chi connectivity index (χ4n) is 3.53. The van der Waals surface area contributed by atoms with Gasteiger partial charge in [-0.05, 0) is 5.92 Å². The zero-order chi connectivity index (χ0) is 27.3. The van der Waals surface area contributed by atoms with Crippen molar-refractivity contribution in [2.75, 3.05) is 72.0 Å². The third-order valence-electron chi connectivity index (χ3n) is 4.93. The van der Waals surface area contributed by atoms with Gasteiger partial charge in [0.1, 0.15) is 6.54 Å². The van der Waals surface area contributed by atoms with Crippen LogP contribution in [0.15, 0.2) is 0 Å². The summed E-state index contributed by atoms with van der Waals surface area (Å²) in [6.07, 6.45) is 0. The minimum Gasteiger partial charge on any atom is -0.480 e. The van der Waals surface area contributed by atoms with Crippen molar-refractivity contribution in [3.05, 3.63) is 0 Å². The SMILES string of the molecule is CC(=O)ON1CCN(CC(=O)N(CC(=O)O)CC(C)C)CCN(OC(C)=O)CCN(OC(C)=O)CC1. The summed E-state index contributed by atoms with van der Waals surface area (Å²) in [6.45, 7) is 9.31. The summed E-state index contributed by atoms with van der Waals surface area (Å²) < 4.78 is 0. The van der Waals surface area contributed by atoms with Gasteiger partial charge >= 0.3 is 23.9 Å². The number of nitrogens with zero attached hydrogens (tertiary/aromatic N) is 5. The highest BCUT2D eigenvalue weighted by Gasteiger charge is 2.24. The topological polar surface area (TPSA) is 149 Å². The lowest BCUT2D eigenvalue weighted by atomic mass is 10.2. The molecule has 206 valence electrons. The average Bonchev–Trinajstić information content (AvgIpc) is 2.73. The summed E-state index contributed by atoms with van der Waals surface area (Å²) >= 11 is 0. The van der Waals surface area contributed by atoms with Gasteiger partial charge in [0.15, 0.2) is 0 Å². The number of hydroxylamine groups is 6. The van der Waals surface area contributed by atoms with Gasteiger partial charge in [-0.1, -0.05) is 13.8 Å². The molecule has 0 saturated carbocycles. The second-order valence-corrected chi connectivity index (χ2v) is 8.87. The quantitative estimate of drug-likeness (QED) is 0.407. The Morgan fingerprint density at radius 1 is 0.722 bits per heavy atom. The van der Waals surface area contributed by atoms with Crippen molar-refractivity contribution < 1.29 is 43.6 Å². The Hall–Kier alpha value is -2.81. The zero-order valence-corrected chi connectivity index (χ0v) is 21.8. The Bertz CT molecular complexity index is 732. The molecule has 1 rings (SSSR count). The molecule has 0 spiro atoms. The standard InChI is InChI=1S/C22H39N5O9/c1-17(2)14-24(16-22(32)33)21(31)15-23-6-8-25(34-18(3)28)10-12-27(36-20(5)30)13-11-26(9-7-23)35-19(4)29/h17H,6-16H2,1-5H3,(H,32,33). The molecule has 1 saturated heterocycles. The molecule has 14 heteroatoms. The average molecular weight is 518 g/mol. The lowest BCUT2D eigenvalue weighted by molar-refractivity contribution is -0.217. The molecule has 1 N–H and O–H groups in total. The van der Waals surface area contributed by atoms with E-state index >= 15 is 0 Å². The van der Waals surface area contributed by atoms with Crippen LogP contribution in [0, 0.1) is 5.92 Å². The normalized spacial score (nSPS) is 17.5. The van der Waals surface area contributed by atoms with Crippen molar-refractivity contribution in [3.63, 3.8) is 0 Å². The van der Waals surface area contributed by atoms with E-state index in [1.165, 1.54) is 40.9 Å². The Morgan fingerprint density at radius 3 is 1.39 bits per heavy atom. The van der Waals surface area contributed by atoms with E-state index in [-0.39, 0.29) is 57.6 Å². The number of aliphatic carboxylic acids is 1. The van der Waals surface area contributed by atoms with Crippen molar-refractivity contribution in [2.45, 2.75) is 34.6 Å². The second kappa shape index (κ2) is 16.0. The molecule has 1 aliphatic rings. The van der Waals surface area contributed by atoms with E-state index in [0.29, 0.717) is 19.6 Å². The third kappa shape index (κ3) is 13.9. The third-order valence-corrected chi connectivity index (χ3v) is 4.93. The summed E-state index contributed by atoms with van der Waals surface area (Å²) in [7, 11) is 0. The predicted molar refractivity (Wildman–Crippen MR) is 126 cm³/mol. The van der Waals surface area contributed by atoms with Gasteiger partial charge in [-0.2, -0.15) is 0 Å². The lowest BCUT2D eigenvalue weighted by Gasteiger charge is -2.32. The van der Waals surface area contributed by atoms with Gasteiger partial charge in [-0.15, -0.1) is 15.2 Å². The summed E-state index contributed by atoms with van der Waals surface area (Å²) in [5.41, 5.74) is 0. The van der Waals surface area contributed by atoms with Crippen molar-refractivity contribution in [3.8, 4) is 0 Å². The zero-order valence-electron chi connectivity index (χ0n) is 21.8. The highest BCUT2D eigenvalue weighted by atomic mass is 16.7. The molecule has 0 aliphatic carbocycles. The van der Waals surface area contributed by atoms with Crippen LogP contribution >= 0.6 is 0 Å². The van der Waals surface area contributed by atoms with Crippen LogP contribution in [0.4, 0.5) is 0 Å². The van der Waals surface area contributed by atoms with Gasteiger partial charge in [0.2, 0.25) is 5.91 Å². The molecular formula is C22H39N5O9. The molecule has 1 amide bonds. The summed E-state index contributed by atoms with van der Waals surface area (Å²) in [6, 6.07) is 0. The lowest BCUT2D eigenvalue weighted by Crippen LogP contribution is -2.49. The van der Waals surface area contributed by atoms with Crippen LogP contribution in [0.2, 0.25) is 0 Å². The van der Waals surface area contributed by atoms with Crippen LogP contribution in [0.25, 0.3) is 0 Å². The molecule has 36 heavy (non-hydrogen) atoms. The van der Waals surface area contributed by atoms with E-state index < -0.39 is 30.4 Å². The van der Waals surface area contributed by atoms with Gasteiger partial charge < -0.3 is 24.5 Å². The Kier molecular flexibility index (Phi) is 13.9. The Balaban J connectivity index is 3.06. The maximum atomic E-state index is 13.0. The number of carbonyl (C=O) groups is 5. The largest absolute Gasteiger partial charge is 0.480 e. The molecule has 0 aromatic rings. The fraction of sp³-hybridized carbons (Fsp3) is 0.773. The number of hydrogen-bond acceptors (Lipinski definition) is 12. The number of rotatable bonds is 9. The Labute approximate surface area is 211 Å². The maximum absolute atomic E-state index is 13.0. The molecule has 1 fully saturated rings. The predicted octanol–water partition coefficient (Wildman–Crippen LogP) is -0.788. The van der Waals surface area contributed by atoms with E-state index in [1.807, 2.05) is 13.8 Å². The van der Waals surface area contributed by atoms with Crippen LogP contribution in [0.3, 0.4) is 0 Å². The fourth-order valence-corrected chi connectivity index (χ4v) is 3.53. The first-order valence-corrected chi connectivity index (χ1v) is 11.9. The highest BCUT2D eigenvalue weighted by Crippen LogP contribution is 2.06. The first kappa shape index (κ1) is 31.2. The molecule has 0 bridgehead atoms. The molecule has 0 aromatic carbocycles. The number of carboxylic acids is 1. The number of carbonyl (C=O) groups excluding carboxylic acids is 4. The minimum atomic E-state index is -1.10. The molecule has 0 unspecified atom stereocenters. The number of hydrogen-bond donors (Lipinski definition) is 1. The first-order valence-electron chi connectivity index (χ1n) is 11.9. The van der Waals surface area contributed by atoms with E-state index in [9.17, 15) is 29.1 Å². The van der Waals surface area contributed by atoms with Crippen molar-refractivity contribution in [1.82, 2.24) is 25.0 Å². The summed E-state index contributed by atoms with van der Waals surface area (Å²) in [5, 5.41) is 13.5. The summed E-state index contributed by atoms with van der Waals surface area (Å²) in [4.78, 5) is 77.8. The number of amides is 1. The highest BCUT2D eigenvalue weighted by molar-refractivity contribution is 5.82. The molecule has 1 heterocycles. The molecule has 1 aliphatic heterocycles. The first-order chi connectivity index (χ1) is 16.8.